The number of carbonyl (C=O) groups excluding carboxylic acids is 1. The molecule has 1 unspecified atom stereocenters. The fourth-order valence-electron chi connectivity index (χ4n) is 1.94. The normalized spacial score (nSPS) is 20.2. The zero-order valence-corrected chi connectivity index (χ0v) is 13.1. The lowest BCUT2D eigenvalue weighted by molar-refractivity contribution is -0.285. The van der Waals surface area contributed by atoms with Gasteiger partial charge in [-0.3, -0.25) is 0 Å². The molecule has 0 aromatic heterocycles. The summed E-state index contributed by atoms with van der Waals surface area (Å²) in [5, 5.41) is 0. The highest BCUT2D eigenvalue weighted by Crippen LogP contribution is 2.22. The van der Waals surface area contributed by atoms with E-state index in [9.17, 15) is 4.79 Å². The maximum atomic E-state index is 12.2. The highest BCUT2D eigenvalue weighted by atomic mass is 17.2. The Morgan fingerprint density at radius 1 is 1.40 bits per heavy atom. The van der Waals surface area contributed by atoms with Crippen LogP contribution in [0.3, 0.4) is 0 Å². The molecule has 1 aliphatic heterocycles. The van der Waals surface area contributed by atoms with E-state index >= 15 is 0 Å². The summed E-state index contributed by atoms with van der Waals surface area (Å²) >= 11 is 0. The van der Waals surface area contributed by atoms with Crippen LogP contribution in [0.1, 0.15) is 41.0 Å². The Labute approximate surface area is 120 Å². The van der Waals surface area contributed by atoms with Gasteiger partial charge in [-0.05, 0) is 40.2 Å². The first-order valence-electron chi connectivity index (χ1n) is 6.95. The molecular weight excluding hydrogens is 260 g/mol. The number of nitrogens with two attached hydrogens (primary N) is 1. The van der Waals surface area contributed by atoms with Crippen molar-refractivity contribution >= 4 is 6.09 Å². The van der Waals surface area contributed by atoms with Crippen LogP contribution in [0.5, 0.6) is 0 Å². The molecule has 116 valence electrons. The van der Waals surface area contributed by atoms with Crippen LogP contribution in [-0.4, -0.2) is 42.4 Å². The molecule has 0 aromatic carbocycles. The van der Waals surface area contributed by atoms with Gasteiger partial charge >= 0.3 is 6.09 Å². The van der Waals surface area contributed by atoms with Crippen LogP contribution in [-0.2, 0) is 14.5 Å². The van der Waals surface area contributed by atoms with E-state index in [1.54, 1.807) is 4.90 Å². The van der Waals surface area contributed by atoms with Gasteiger partial charge in [0.25, 0.3) is 0 Å². The zero-order valence-electron chi connectivity index (χ0n) is 13.1. The molecule has 0 radical (unpaired) electrons. The topological polar surface area (TPSA) is 74.0 Å². The van der Waals surface area contributed by atoms with E-state index < -0.39 is 5.60 Å². The van der Waals surface area contributed by atoms with E-state index in [2.05, 4.69) is 0 Å². The van der Waals surface area contributed by atoms with Crippen molar-refractivity contribution in [1.82, 2.24) is 4.90 Å². The maximum Gasteiger partial charge on any atom is 0.410 e. The van der Waals surface area contributed by atoms with Crippen molar-refractivity contribution in [2.24, 2.45) is 5.73 Å². The van der Waals surface area contributed by atoms with Crippen LogP contribution in [0.25, 0.3) is 0 Å². The van der Waals surface area contributed by atoms with E-state index in [4.69, 9.17) is 20.2 Å². The van der Waals surface area contributed by atoms with Gasteiger partial charge < -0.3 is 15.4 Å². The zero-order chi connectivity index (χ0) is 15.3. The molecule has 2 N–H and O–H groups in total. The molecule has 1 heterocycles. The molecule has 0 saturated carbocycles. The molecule has 1 aliphatic rings. The average molecular weight is 286 g/mol. The Bertz CT molecular complexity index is 374. The molecule has 1 atom stereocenters. The van der Waals surface area contributed by atoms with E-state index in [1.165, 1.54) is 0 Å². The summed E-state index contributed by atoms with van der Waals surface area (Å²) in [4.78, 5) is 23.8. The Morgan fingerprint density at radius 3 is 2.60 bits per heavy atom. The number of carbonyl (C=O) groups is 1. The number of nitrogens with zero attached hydrogens (tertiary/aromatic N) is 1. The second-order valence-electron chi connectivity index (χ2n) is 5.96. The molecule has 0 saturated heterocycles. The molecular formula is C14H26N2O4. The van der Waals surface area contributed by atoms with Gasteiger partial charge in [-0.1, -0.05) is 0 Å². The van der Waals surface area contributed by atoms with Gasteiger partial charge in [0.2, 0.25) is 0 Å². The smallest absolute Gasteiger partial charge is 0.410 e. The van der Waals surface area contributed by atoms with Crippen molar-refractivity contribution in [2.75, 3.05) is 19.8 Å². The SMILES string of the molecule is CCOOCC1=C(N)CC(C)N(C(=O)OC(C)(C)C)C1. The summed E-state index contributed by atoms with van der Waals surface area (Å²) < 4.78 is 5.41. The fourth-order valence-corrected chi connectivity index (χ4v) is 1.94. The third kappa shape index (κ3) is 5.02. The van der Waals surface area contributed by atoms with E-state index in [0.29, 0.717) is 19.6 Å². The van der Waals surface area contributed by atoms with Crippen molar-refractivity contribution in [3.8, 4) is 0 Å². The Balaban J connectivity index is 2.68. The number of hydrogen-bond donors (Lipinski definition) is 1. The van der Waals surface area contributed by atoms with E-state index in [0.717, 1.165) is 11.3 Å². The first-order valence-corrected chi connectivity index (χ1v) is 6.95. The van der Waals surface area contributed by atoms with Crippen LogP contribution in [0.15, 0.2) is 11.3 Å². The third-order valence-electron chi connectivity index (χ3n) is 2.93. The van der Waals surface area contributed by atoms with Crippen molar-refractivity contribution in [3.05, 3.63) is 11.3 Å². The second-order valence-corrected chi connectivity index (χ2v) is 5.96. The van der Waals surface area contributed by atoms with Gasteiger partial charge in [0, 0.05) is 24.7 Å². The van der Waals surface area contributed by atoms with E-state index in [1.807, 2.05) is 34.6 Å². The predicted molar refractivity (Wildman–Crippen MR) is 75.8 cm³/mol. The van der Waals surface area contributed by atoms with Gasteiger partial charge in [0.1, 0.15) is 12.2 Å². The number of hydrogen-bond acceptors (Lipinski definition) is 5. The van der Waals surface area contributed by atoms with Gasteiger partial charge in [0.05, 0.1) is 6.61 Å². The summed E-state index contributed by atoms with van der Waals surface area (Å²) in [6, 6.07) is 0.0145. The standard InChI is InChI=1S/C14H26N2O4/c1-6-18-19-9-11-8-16(10(2)7-12(11)15)13(17)20-14(3,4)5/h10H,6-9,15H2,1-5H3. The van der Waals surface area contributed by atoms with E-state index in [-0.39, 0.29) is 18.7 Å². The number of rotatable bonds is 4. The lowest BCUT2D eigenvalue weighted by Gasteiger charge is -2.36. The second kappa shape index (κ2) is 6.95. The van der Waals surface area contributed by atoms with Crippen LogP contribution < -0.4 is 5.73 Å². The fraction of sp³-hybridized carbons (Fsp3) is 0.786. The molecule has 0 aromatic rings. The van der Waals surface area contributed by atoms with Crippen molar-refractivity contribution in [3.63, 3.8) is 0 Å². The molecule has 0 fully saturated rings. The Kier molecular flexibility index (Phi) is 5.83. The minimum atomic E-state index is -0.508. The minimum absolute atomic E-state index is 0.0145. The summed E-state index contributed by atoms with van der Waals surface area (Å²) in [7, 11) is 0. The predicted octanol–water partition coefficient (Wildman–Crippen LogP) is 2.20. The molecule has 1 rings (SSSR count). The molecule has 0 spiro atoms. The van der Waals surface area contributed by atoms with Crippen molar-refractivity contribution in [2.45, 2.75) is 52.7 Å². The molecule has 6 heteroatoms. The summed E-state index contributed by atoms with van der Waals surface area (Å²) in [5.74, 6) is 0. The molecule has 0 aliphatic carbocycles. The lowest BCUT2D eigenvalue weighted by Crippen LogP contribution is -2.47. The van der Waals surface area contributed by atoms with Gasteiger partial charge in [-0.2, -0.15) is 0 Å². The summed E-state index contributed by atoms with van der Waals surface area (Å²) in [6.07, 6.45) is 0.288. The van der Waals surface area contributed by atoms with Crippen LogP contribution in [0.2, 0.25) is 0 Å². The summed E-state index contributed by atoms with van der Waals surface area (Å²) in [6.45, 7) is 10.5. The average Bonchev–Trinajstić information content (AvgIpc) is 2.29. The highest BCUT2D eigenvalue weighted by Gasteiger charge is 2.31. The largest absolute Gasteiger partial charge is 0.444 e. The van der Waals surface area contributed by atoms with Gasteiger partial charge in [-0.15, -0.1) is 0 Å². The summed E-state index contributed by atoms with van der Waals surface area (Å²) in [5.41, 5.74) is 7.12. The minimum Gasteiger partial charge on any atom is -0.444 e. The van der Waals surface area contributed by atoms with Crippen molar-refractivity contribution in [1.29, 1.82) is 0 Å². The van der Waals surface area contributed by atoms with Gasteiger partial charge in [-0.25, -0.2) is 14.6 Å². The molecule has 0 bridgehead atoms. The maximum absolute atomic E-state index is 12.2. The first kappa shape index (κ1) is 16.8. The van der Waals surface area contributed by atoms with Crippen LogP contribution >= 0.6 is 0 Å². The van der Waals surface area contributed by atoms with Gasteiger partial charge in [0.15, 0.2) is 0 Å². The number of ether oxygens (including phenoxy) is 1. The van der Waals surface area contributed by atoms with Crippen LogP contribution in [0.4, 0.5) is 4.79 Å². The highest BCUT2D eigenvalue weighted by molar-refractivity contribution is 5.69. The molecule has 20 heavy (non-hydrogen) atoms. The number of amides is 1. The monoisotopic (exact) mass is 286 g/mol. The third-order valence-corrected chi connectivity index (χ3v) is 2.93. The molecule has 1 amide bonds. The Hall–Kier alpha value is -1.27. The Morgan fingerprint density at radius 2 is 2.05 bits per heavy atom. The van der Waals surface area contributed by atoms with Crippen LogP contribution in [0, 0.1) is 0 Å². The van der Waals surface area contributed by atoms with Crippen molar-refractivity contribution < 1.29 is 19.3 Å². The molecule has 6 nitrogen and oxygen atoms in total. The lowest BCUT2D eigenvalue weighted by atomic mass is 10.0. The first-order chi connectivity index (χ1) is 9.24. The quantitative estimate of drug-likeness (QED) is 0.487.